The van der Waals surface area contributed by atoms with Crippen LogP contribution < -0.4 is 5.32 Å². The van der Waals surface area contributed by atoms with E-state index in [1.165, 1.54) is 6.08 Å². The molecule has 0 bridgehead atoms. The SMILES string of the molecule is O=C(C=Cc1cc2ccccc2o1)NCC1CCCC1O. The number of amides is 1. The van der Waals surface area contributed by atoms with Crippen molar-refractivity contribution in [3.8, 4) is 0 Å². The van der Waals surface area contributed by atoms with Crippen LogP contribution in [-0.2, 0) is 4.79 Å². The van der Waals surface area contributed by atoms with Crippen molar-refractivity contribution in [1.29, 1.82) is 0 Å². The molecule has 0 radical (unpaired) electrons. The van der Waals surface area contributed by atoms with Gasteiger partial charge in [0, 0.05) is 23.9 Å². The maximum absolute atomic E-state index is 11.8. The van der Waals surface area contributed by atoms with Crippen molar-refractivity contribution >= 4 is 23.0 Å². The molecule has 1 amide bonds. The second kappa shape index (κ2) is 6.14. The van der Waals surface area contributed by atoms with Gasteiger partial charge >= 0.3 is 0 Å². The standard InChI is InChI=1S/C17H19NO3/c19-15-6-3-5-13(15)11-18-17(20)9-8-14-10-12-4-1-2-7-16(12)21-14/h1-2,4,7-10,13,15,19H,3,5-6,11H2,(H,18,20). The van der Waals surface area contributed by atoms with E-state index in [1.54, 1.807) is 6.08 Å². The summed E-state index contributed by atoms with van der Waals surface area (Å²) in [5.74, 6) is 0.690. The first-order valence-corrected chi connectivity index (χ1v) is 7.35. The van der Waals surface area contributed by atoms with E-state index in [9.17, 15) is 9.90 Å². The fraction of sp³-hybridized carbons (Fsp3) is 0.353. The number of aliphatic hydroxyl groups is 1. The van der Waals surface area contributed by atoms with Crippen LogP contribution in [0.4, 0.5) is 0 Å². The number of benzene rings is 1. The van der Waals surface area contributed by atoms with Crippen LogP contribution in [-0.4, -0.2) is 23.7 Å². The summed E-state index contributed by atoms with van der Waals surface area (Å²) in [6, 6.07) is 9.63. The van der Waals surface area contributed by atoms with Crippen LogP contribution in [0, 0.1) is 5.92 Å². The third-order valence-electron chi connectivity index (χ3n) is 4.00. The lowest BCUT2D eigenvalue weighted by molar-refractivity contribution is -0.116. The van der Waals surface area contributed by atoms with E-state index in [0.29, 0.717) is 12.3 Å². The number of furan rings is 1. The average molecular weight is 285 g/mol. The van der Waals surface area contributed by atoms with E-state index >= 15 is 0 Å². The largest absolute Gasteiger partial charge is 0.457 e. The summed E-state index contributed by atoms with van der Waals surface area (Å²) in [6.07, 6.45) is 5.73. The first kappa shape index (κ1) is 13.9. The van der Waals surface area contributed by atoms with E-state index in [0.717, 1.165) is 30.2 Å². The average Bonchev–Trinajstić information content (AvgIpc) is 3.08. The molecule has 1 fully saturated rings. The number of fused-ring (bicyclic) bond motifs is 1. The van der Waals surface area contributed by atoms with Crippen molar-refractivity contribution in [3.63, 3.8) is 0 Å². The molecule has 2 N–H and O–H groups in total. The van der Waals surface area contributed by atoms with Crippen molar-refractivity contribution < 1.29 is 14.3 Å². The zero-order valence-electron chi connectivity index (χ0n) is 11.8. The summed E-state index contributed by atoms with van der Waals surface area (Å²) in [7, 11) is 0. The van der Waals surface area contributed by atoms with Gasteiger partial charge < -0.3 is 14.8 Å². The molecule has 1 aromatic heterocycles. The summed E-state index contributed by atoms with van der Waals surface area (Å²) >= 11 is 0. The topological polar surface area (TPSA) is 62.5 Å². The zero-order valence-corrected chi connectivity index (χ0v) is 11.8. The van der Waals surface area contributed by atoms with Gasteiger partial charge in [0.2, 0.25) is 5.91 Å². The highest BCUT2D eigenvalue weighted by atomic mass is 16.3. The smallest absolute Gasteiger partial charge is 0.244 e. The van der Waals surface area contributed by atoms with Gasteiger partial charge in [0.15, 0.2) is 0 Å². The third kappa shape index (κ3) is 3.34. The Morgan fingerprint density at radius 3 is 3.00 bits per heavy atom. The Hall–Kier alpha value is -2.07. The number of carbonyl (C=O) groups is 1. The molecule has 1 saturated carbocycles. The molecule has 2 unspecified atom stereocenters. The van der Waals surface area contributed by atoms with Crippen LogP contribution in [0.1, 0.15) is 25.0 Å². The van der Waals surface area contributed by atoms with E-state index in [2.05, 4.69) is 5.32 Å². The van der Waals surface area contributed by atoms with Gasteiger partial charge in [0.25, 0.3) is 0 Å². The summed E-state index contributed by atoms with van der Waals surface area (Å²) in [5.41, 5.74) is 0.812. The highest BCUT2D eigenvalue weighted by Gasteiger charge is 2.24. The molecule has 1 aromatic carbocycles. The highest BCUT2D eigenvalue weighted by Crippen LogP contribution is 2.24. The Kier molecular flexibility index (Phi) is 4.06. The Morgan fingerprint density at radius 2 is 2.24 bits per heavy atom. The fourth-order valence-corrected chi connectivity index (χ4v) is 2.79. The van der Waals surface area contributed by atoms with Crippen LogP contribution in [0.5, 0.6) is 0 Å². The maximum Gasteiger partial charge on any atom is 0.244 e. The van der Waals surface area contributed by atoms with Crippen LogP contribution in [0.2, 0.25) is 0 Å². The summed E-state index contributed by atoms with van der Waals surface area (Å²) in [6.45, 7) is 0.532. The second-order valence-electron chi connectivity index (χ2n) is 5.52. The molecule has 0 spiro atoms. The van der Waals surface area contributed by atoms with Gasteiger partial charge in [-0.05, 0) is 31.1 Å². The minimum Gasteiger partial charge on any atom is -0.457 e. The number of rotatable bonds is 4. The second-order valence-corrected chi connectivity index (χ2v) is 5.52. The number of carbonyl (C=O) groups excluding carboxylic acids is 1. The molecule has 4 nitrogen and oxygen atoms in total. The molecule has 2 atom stereocenters. The molecule has 3 rings (SSSR count). The first-order chi connectivity index (χ1) is 10.2. The van der Waals surface area contributed by atoms with Crippen LogP contribution in [0.15, 0.2) is 40.8 Å². The molecule has 1 heterocycles. The molecule has 1 aliphatic carbocycles. The van der Waals surface area contributed by atoms with Crippen molar-refractivity contribution in [2.75, 3.05) is 6.54 Å². The number of hydrogen-bond acceptors (Lipinski definition) is 3. The number of para-hydroxylation sites is 1. The number of aliphatic hydroxyl groups excluding tert-OH is 1. The number of hydrogen-bond donors (Lipinski definition) is 2. The van der Waals surface area contributed by atoms with E-state index < -0.39 is 0 Å². The van der Waals surface area contributed by atoms with Crippen molar-refractivity contribution in [1.82, 2.24) is 5.32 Å². The molecule has 21 heavy (non-hydrogen) atoms. The predicted molar refractivity (Wildman–Crippen MR) is 81.6 cm³/mol. The molecule has 0 aliphatic heterocycles. The van der Waals surface area contributed by atoms with Gasteiger partial charge in [-0.25, -0.2) is 0 Å². The van der Waals surface area contributed by atoms with Crippen molar-refractivity contribution in [3.05, 3.63) is 42.2 Å². The minimum atomic E-state index is -0.273. The van der Waals surface area contributed by atoms with E-state index in [-0.39, 0.29) is 17.9 Å². The van der Waals surface area contributed by atoms with Gasteiger partial charge in [-0.15, -0.1) is 0 Å². The molecule has 0 saturated heterocycles. The zero-order chi connectivity index (χ0) is 14.7. The normalized spacial score (nSPS) is 22.1. The Morgan fingerprint density at radius 1 is 1.38 bits per heavy atom. The van der Waals surface area contributed by atoms with Crippen LogP contribution >= 0.6 is 0 Å². The molecule has 1 aliphatic rings. The predicted octanol–water partition coefficient (Wildman–Crippen LogP) is 2.72. The highest BCUT2D eigenvalue weighted by molar-refractivity contribution is 5.92. The Labute approximate surface area is 123 Å². The lowest BCUT2D eigenvalue weighted by Gasteiger charge is -2.13. The summed E-state index contributed by atoms with van der Waals surface area (Å²) < 4.78 is 5.61. The quantitative estimate of drug-likeness (QED) is 0.849. The Balaban J connectivity index is 1.56. The first-order valence-electron chi connectivity index (χ1n) is 7.35. The van der Waals surface area contributed by atoms with Gasteiger partial charge in [0.05, 0.1) is 6.10 Å². The van der Waals surface area contributed by atoms with Crippen LogP contribution in [0.3, 0.4) is 0 Å². The van der Waals surface area contributed by atoms with Gasteiger partial charge in [-0.3, -0.25) is 4.79 Å². The summed E-state index contributed by atoms with van der Waals surface area (Å²) in [5, 5.41) is 13.6. The lowest BCUT2D eigenvalue weighted by atomic mass is 10.1. The molecular weight excluding hydrogens is 266 g/mol. The molecule has 4 heteroatoms. The fourth-order valence-electron chi connectivity index (χ4n) is 2.79. The van der Waals surface area contributed by atoms with Crippen LogP contribution in [0.25, 0.3) is 17.0 Å². The van der Waals surface area contributed by atoms with Gasteiger partial charge in [-0.1, -0.05) is 24.6 Å². The maximum atomic E-state index is 11.8. The van der Waals surface area contributed by atoms with E-state index in [4.69, 9.17) is 4.42 Å². The van der Waals surface area contributed by atoms with Gasteiger partial charge in [0.1, 0.15) is 11.3 Å². The third-order valence-corrected chi connectivity index (χ3v) is 4.00. The minimum absolute atomic E-state index is 0.158. The molecule has 2 aromatic rings. The summed E-state index contributed by atoms with van der Waals surface area (Å²) in [4.78, 5) is 11.8. The van der Waals surface area contributed by atoms with E-state index in [1.807, 2.05) is 30.3 Å². The lowest BCUT2D eigenvalue weighted by Crippen LogP contribution is -2.31. The van der Waals surface area contributed by atoms with Crippen molar-refractivity contribution in [2.24, 2.45) is 5.92 Å². The Bertz CT molecular complexity index is 626. The molecular formula is C17H19NO3. The monoisotopic (exact) mass is 285 g/mol. The number of nitrogens with one attached hydrogen (secondary N) is 1. The van der Waals surface area contributed by atoms with Gasteiger partial charge in [-0.2, -0.15) is 0 Å². The molecule has 110 valence electrons. The van der Waals surface area contributed by atoms with Crippen molar-refractivity contribution in [2.45, 2.75) is 25.4 Å².